The summed E-state index contributed by atoms with van der Waals surface area (Å²) >= 11 is 13.2. The Morgan fingerprint density at radius 2 is 1.54 bits per heavy atom. The highest BCUT2D eigenvalue weighted by Gasteiger charge is 2.42. The van der Waals surface area contributed by atoms with Crippen molar-refractivity contribution in [1.82, 2.24) is 0 Å². The van der Waals surface area contributed by atoms with Gasteiger partial charge in [-0.1, -0.05) is 40.9 Å². The molecule has 5 rings (SSSR count). The zero-order valence-corrected chi connectivity index (χ0v) is 22.2. The number of benzene rings is 2. The third-order valence-corrected chi connectivity index (χ3v) is 7.56. The lowest BCUT2D eigenvalue weighted by atomic mass is 9.73. The van der Waals surface area contributed by atoms with Gasteiger partial charge >= 0.3 is 0 Å². The third-order valence-electron chi connectivity index (χ3n) is 7.00. The van der Waals surface area contributed by atoms with Crippen molar-refractivity contribution in [1.29, 1.82) is 0 Å². The number of carbonyl (C=O) groups is 3. The van der Waals surface area contributed by atoms with Gasteiger partial charge in [-0.05, 0) is 56.0 Å². The maximum atomic E-state index is 13.0. The number of aryl methyl sites for hydroxylation is 2. The first kappa shape index (κ1) is 25.6. The van der Waals surface area contributed by atoms with Crippen molar-refractivity contribution in [2.75, 3.05) is 11.9 Å². The molecule has 0 bridgehead atoms. The van der Waals surface area contributed by atoms with Gasteiger partial charge in [0.25, 0.3) is 5.91 Å². The first-order valence-electron chi connectivity index (χ1n) is 12.4. The number of hydrogen-bond donors (Lipinski definition) is 1. The predicted octanol–water partition coefficient (Wildman–Crippen LogP) is 6.76. The highest BCUT2D eigenvalue weighted by molar-refractivity contribution is 6.37. The molecule has 1 N–H and O–H groups in total. The van der Waals surface area contributed by atoms with Crippen LogP contribution in [0, 0.1) is 13.8 Å². The standard InChI is InChI=1S/C29H27Cl2NO5/c1-15-9-10-20(16(2)11-15)32-25(35)14-36-29-18(30)12-17(13-19(29)31)26-27-21(33)5-3-7-23(27)37-24-8-4-6-22(34)28(24)26/h9-13,26H,3-8,14H2,1-2H3,(H,32,35). The fraction of sp³-hybridized carbons (Fsp3) is 0.345. The number of allylic oxidation sites excluding steroid dienone is 4. The molecule has 0 fully saturated rings. The van der Waals surface area contributed by atoms with Crippen LogP contribution in [0.4, 0.5) is 5.69 Å². The second kappa shape index (κ2) is 10.3. The zero-order valence-electron chi connectivity index (χ0n) is 20.7. The second-order valence-electron chi connectivity index (χ2n) is 9.73. The molecule has 6 nitrogen and oxygen atoms in total. The largest absolute Gasteiger partial charge is 0.481 e. The van der Waals surface area contributed by atoms with E-state index in [4.69, 9.17) is 32.7 Å². The number of hydrogen-bond acceptors (Lipinski definition) is 5. The molecule has 0 spiro atoms. The lowest BCUT2D eigenvalue weighted by Crippen LogP contribution is -2.30. The van der Waals surface area contributed by atoms with E-state index in [-0.39, 0.29) is 39.9 Å². The van der Waals surface area contributed by atoms with Crippen molar-refractivity contribution in [3.63, 3.8) is 0 Å². The minimum absolute atomic E-state index is 0.0215. The lowest BCUT2D eigenvalue weighted by Gasteiger charge is -2.36. The van der Waals surface area contributed by atoms with Gasteiger partial charge in [0, 0.05) is 48.4 Å². The Hall–Kier alpha value is -3.09. The summed E-state index contributed by atoms with van der Waals surface area (Å²) in [5.74, 6) is 0.492. The first-order chi connectivity index (χ1) is 17.7. The molecule has 8 heteroatoms. The lowest BCUT2D eigenvalue weighted by molar-refractivity contribution is -0.119. The number of ether oxygens (including phenoxy) is 2. The van der Waals surface area contributed by atoms with E-state index in [1.165, 1.54) is 0 Å². The minimum Gasteiger partial charge on any atom is -0.481 e. The molecule has 1 amide bonds. The van der Waals surface area contributed by atoms with E-state index in [9.17, 15) is 14.4 Å². The number of amides is 1. The molecule has 1 aliphatic heterocycles. The Bertz CT molecular complexity index is 1330. The van der Waals surface area contributed by atoms with Gasteiger partial charge in [-0.3, -0.25) is 14.4 Å². The SMILES string of the molecule is Cc1ccc(NC(=O)COc2c(Cl)cc(C3C4=C(CCCC4=O)OC4=C3C(=O)CCC4)cc2Cl)c(C)c1. The molecule has 0 saturated carbocycles. The average Bonchev–Trinajstić information content (AvgIpc) is 2.84. The molecular formula is C29H27Cl2NO5. The fourth-order valence-corrected chi connectivity index (χ4v) is 5.93. The van der Waals surface area contributed by atoms with Crippen LogP contribution in [0.15, 0.2) is 53.0 Å². The number of halogens is 2. The minimum atomic E-state index is -0.573. The van der Waals surface area contributed by atoms with Gasteiger partial charge in [-0.2, -0.15) is 0 Å². The molecule has 37 heavy (non-hydrogen) atoms. The van der Waals surface area contributed by atoms with Crippen molar-refractivity contribution in [3.05, 3.63) is 79.7 Å². The van der Waals surface area contributed by atoms with Crippen LogP contribution in [0.5, 0.6) is 5.75 Å². The molecule has 2 aromatic rings. The molecule has 2 aliphatic carbocycles. The van der Waals surface area contributed by atoms with Gasteiger partial charge in [0.15, 0.2) is 23.9 Å². The molecule has 3 aliphatic rings. The average molecular weight is 540 g/mol. The van der Waals surface area contributed by atoms with Crippen LogP contribution >= 0.6 is 23.2 Å². The van der Waals surface area contributed by atoms with Crippen LogP contribution < -0.4 is 10.1 Å². The molecule has 1 heterocycles. The third kappa shape index (κ3) is 5.05. The van der Waals surface area contributed by atoms with E-state index in [1.807, 2.05) is 32.0 Å². The highest BCUT2D eigenvalue weighted by Crippen LogP contribution is 2.49. The predicted molar refractivity (Wildman–Crippen MR) is 142 cm³/mol. The summed E-state index contributed by atoms with van der Waals surface area (Å²) in [4.78, 5) is 38.5. The van der Waals surface area contributed by atoms with Gasteiger partial charge < -0.3 is 14.8 Å². The first-order valence-corrected chi connectivity index (χ1v) is 13.2. The topological polar surface area (TPSA) is 81.7 Å². The van der Waals surface area contributed by atoms with Crippen LogP contribution in [-0.4, -0.2) is 24.1 Å². The Morgan fingerprint density at radius 3 is 2.11 bits per heavy atom. The summed E-state index contributed by atoms with van der Waals surface area (Å²) in [5, 5.41) is 3.23. The molecule has 0 unspecified atom stereocenters. The van der Waals surface area contributed by atoms with Gasteiger partial charge in [-0.25, -0.2) is 0 Å². The summed E-state index contributed by atoms with van der Waals surface area (Å²) < 4.78 is 11.8. The quantitative estimate of drug-likeness (QED) is 0.454. The van der Waals surface area contributed by atoms with Crippen LogP contribution in [-0.2, 0) is 19.1 Å². The molecule has 0 atom stereocenters. The summed E-state index contributed by atoms with van der Waals surface area (Å²) in [6, 6.07) is 9.08. The number of nitrogens with one attached hydrogen (secondary N) is 1. The van der Waals surface area contributed by atoms with E-state index in [0.29, 0.717) is 59.6 Å². The maximum absolute atomic E-state index is 13.0. The van der Waals surface area contributed by atoms with Crippen LogP contribution in [0.3, 0.4) is 0 Å². The molecule has 0 radical (unpaired) electrons. The van der Waals surface area contributed by atoms with Gasteiger partial charge in [-0.15, -0.1) is 0 Å². The number of Topliss-reactive ketones (excluding diaryl/α,β-unsaturated/α-hetero) is 2. The second-order valence-corrected chi connectivity index (χ2v) is 10.5. The van der Waals surface area contributed by atoms with Gasteiger partial charge in [0.05, 0.1) is 10.0 Å². The monoisotopic (exact) mass is 539 g/mol. The van der Waals surface area contributed by atoms with E-state index < -0.39 is 5.92 Å². The molecule has 2 aromatic carbocycles. The van der Waals surface area contributed by atoms with Crippen LogP contribution in [0.2, 0.25) is 10.0 Å². The maximum Gasteiger partial charge on any atom is 0.262 e. The normalized spacial score (nSPS) is 17.8. The Labute approximate surface area is 225 Å². The summed E-state index contributed by atoms with van der Waals surface area (Å²) in [7, 11) is 0. The number of ketones is 2. The molecule has 0 aromatic heterocycles. The van der Waals surface area contributed by atoms with E-state index >= 15 is 0 Å². The van der Waals surface area contributed by atoms with Crippen molar-refractivity contribution < 1.29 is 23.9 Å². The highest BCUT2D eigenvalue weighted by atomic mass is 35.5. The molecular weight excluding hydrogens is 513 g/mol. The summed E-state index contributed by atoms with van der Waals surface area (Å²) in [6.07, 6.45) is 3.57. The number of carbonyl (C=O) groups excluding carboxylic acids is 3. The van der Waals surface area contributed by atoms with Crippen molar-refractivity contribution in [2.24, 2.45) is 0 Å². The van der Waals surface area contributed by atoms with E-state index in [0.717, 1.165) is 24.0 Å². The van der Waals surface area contributed by atoms with Crippen molar-refractivity contribution in [3.8, 4) is 5.75 Å². The Balaban J connectivity index is 1.41. The van der Waals surface area contributed by atoms with Crippen LogP contribution in [0.1, 0.15) is 61.1 Å². The van der Waals surface area contributed by atoms with Gasteiger partial charge in [0.1, 0.15) is 11.5 Å². The van der Waals surface area contributed by atoms with Gasteiger partial charge in [0.2, 0.25) is 0 Å². The van der Waals surface area contributed by atoms with E-state index in [2.05, 4.69) is 5.32 Å². The summed E-state index contributed by atoms with van der Waals surface area (Å²) in [5.41, 5.74) is 4.43. The smallest absolute Gasteiger partial charge is 0.262 e. The fourth-order valence-electron chi connectivity index (χ4n) is 5.31. The summed E-state index contributed by atoms with van der Waals surface area (Å²) in [6.45, 7) is 3.62. The zero-order chi connectivity index (χ0) is 26.3. The van der Waals surface area contributed by atoms with Crippen molar-refractivity contribution >= 4 is 46.4 Å². The molecule has 192 valence electrons. The van der Waals surface area contributed by atoms with Crippen LogP contribution in [0.25, 0.3) is 0 Å². The Kier molecular flexibility index (Phi) is 7.15. The molecule has 0 saturated heterocycles. The Morgan fingerprint density at radius 1 is 0.946 bits per heavy atom. The number of anilines is 1. The van der Waals surface area contributed by atoms with Crippen molar-refractivity contribution in [2.45, 2.75) is 58.3 Å². The number of rotatable bonds is 5. The van der Waals surface area contributed by atoms with E-state index in [1.54, 1.807) is 12.1 Å².